The van der Waals surface area contributed by atoms with E-state index in [4.69, 9.17) is 5.11 Å². The minimum Gasteiger partial charge on any atom is -0.476 e. The number of rotatable bonds is 7. The Labute approximate surface area is 109 Å². The lowest BCUT2D eigenvalue weighted by Crippen LogP contribution is -2.33. The molecular weight excluding hydrogens is 254 g/mol. The average Bonchev–Trinajstić information content (AvgIpc) is 2.75. The quantitative estimate of drug-likeness (QED) is 0.683. The SMILES string of the molecule is CCNC(C)CC(=O)NCc1nc(C(=O)O)cs1. The van der Waals surface area contributed by atoms with Gasteiger partial charge in [-0.2, -0.15) is 0 Å². The van der Waals surface area contributed by atoms with Crippen LogP contribution < -0.4 is 10.6 Å². The summed E-state index contributed by atoms with van der Waals surface area (Å²) in [6.07, 6.45) is 0.394. The molecule has 6 nitrogen and oxygen atoms in total. The highest BCUT2D eigenvalue weighted by molar-refractivity contribution is 7.09. The van der Waals surface area contributed by atoms with Crippen LogP contribution in [0.3, 0.4) is 0 Å². The van der Waals surface area contributed by atoms with E-state index in [1.165, 1.54) is 16.7 Å². The highest BCUT2D eigenvalue weighted by Crippen LogP contribution is 2.09. The van der Waals surface area contributed by atoms with Crippen molar-refractivity contribution in [2.24, 2.45) is 0 Å². The van der Waals surface area contributed by atoms with Crippen LogP contribution in [0.5, 0.6) is 0 Å². The predicted molar refractivity (Wildman–Crippen MR) is 68.7 cm³/mol. The van der Waals surface area contributed by atoms with Gasteiger partial charge in [-0.05, 0) is 13.5 Å². The van der Waals surface area contributed by atoms with Gasteiger partial charge in [0.05, 0.1) is 6.54 Å². The molecule has 1 heterocycles. The van der Waals surface area contributed by atoms with Crippen LogP contribution in [-0.2, 0) is 11.3 Å². The topological polar surface area (TPSA) is 91.3 Å². The zero-order valence-corrected chi connectivity index (χ0v) is 11.2. The zero-order valence-electron chi connectivity index (χ0n) is 10.4. The lowest BCUT2D eigenvalue weighted by molar-refractivity contribution is -0.121. The summed E-state index contributed by atoms with van der Waals surface area (Å²) in [7, 11) is 0. The zero-order chi connectivity index (χ0) is 13.5. The molecule has 3 N–H and O–H groups in total. The molecule has 1 aromatic rings. The number of carboxylic acids is 1. The molecule has 1 unspecified atom stereocenters. The number of hydrogen-bond acceptors (Lipinski definition) is 5. The van der Waals surface area contributed by atoms with E-state index in [1.807, 2.05) is 13.8 Å². The van der Waals surface area contributed by atoms with Crippen LogP contribution in [0.1, 0.15) is 35.8 Å². The maximum atomic E-state index is 11.6. The molecule has 100 valence electrons. The second kappa shape index (κ2) is 7.07. The van der Waals surface area contributed by atoms with Crippen LogP contribution in [0.4, 0.5) is 0 Å². The number of amides is 1. The third kappa shape index (κ3) is 4.80. The lowest BCUT2D eigenvalue weighted by atomic mass is 10.2. The largest absolute Gasteiger partial charge is 0.476 e. The summed E-state index contributed by atoms with van der Waals surface area (Å²) < 4.78 is 0. The molecule has 18 heavy (non-hydrogen) atoms. The van der Waals surface area contributed by atoms with Crippen LogP contribution in [0.2, 0.25) is 0 Å². The van der Waals surface area contributed by atoms with Crippen molar-refractivity contribution in [3.63, 3.8) is 0 Å². The monoisotopic (exact) mass is 271 g/mol. The van der Waals surface area contributed by atoms with E-state index >= 15 is 0 Å². The van der Waals surface area contributed by atoms with E-state index in [2.05, 4.69) is 15.6 Å². The first-order valence-electron chi connectivity index (χ1n) is 5.70. The molecule has 0 aliphatic carbocycles. The van der Waals surface area contributed by atoms with Gasteiger partial charge < -0.3 is 15.7 Å². The van der Waals surface area contributed by atoms with Crippen molar-refractivity contribution >= 4 is 23.2 Å². The van der Waals surface area contributed by atoms with E-state index < -0.39 is 5.97 Å². The maximum Gasteiger partial charge on any atom is 0.355 e. The predicted octanol–water partition coefficient (Wildman–Crippen LogP) is 0.846. The molecule has 0 aromatic carbocycles. The summed E-state index contributed by atoms with van der Waals surface area (Å²) in [6.45, 7) is 5.02. The van der Waals surface area contributed by atoms with E-state index in [9.17, 15) is 9.59 Å². The highest BCUT2D eigenvalue weighted by Gasteiger charge is 2.11. The number of thiazole rings is 1. The van der Waals surface area contributed by atoms with Gasteiger partial charge >= 0.3 is 5.97 Å². The van der Waals surface area contributed by atoms with E-state index in [0.29, 0.717) is 11.4 Å². The molecule has 0 saturated heterocycles. The number of carbonyl (C=O) groups excluding carboxylic acids is 1. The Morgan fingerprint density at radius 2 is 2.28 bits per heavy atom. The van der Waals surface area contributed by atoms with E-state index in [-0.39, 0.29) is 24.2 Å². The van der Waals surface area contributed by atoms with Gasteiger partial charge in [0.2, 0.25) is 5.91 Å². The molecule has 0 spiro atoms. The second-order valence-corrected chi connectivity index (χ2v) is 4.81. The fraction of sp³-hybridized carbons (Fsp3) is 0.545. The van der Waals surface area contributed by atoms with Gasteiger partial charge in [0.1, 0.15) is 5.01 Å². The normalized spacial score (nSPS) is 12.1. The van der Waals surface area contributed by atoms with Crippen LogP contribution in [0.25, 0.3) is 0 Å². The van der Waals surface area contributed by atoms with Crippen molar-refractivity contribution in [3.8, 4) is 0 Å². The summed E-state index contributed by atoms with van der Waals surface area (Å²) in [5.41, 5.74) is 0.0188. The van der Waals surface area contributed by atoms with E-state index in [1.54, 1.807) is 0 Å². The van der Waals surface area contributed by atoms with Gasteiger partial charge in [0.25, 0.3) is 0 Å². The Balaban J connectivity index is 2.35. The Hall–Kier alpha value is -1.47. The fourth-order valence-corrected chi connectivity index (χ4v) is 2.14. The Kier molecular flexibility index (Phi) is 5.73. The molecule has 7 heteroatoms. The molecule has 1 atom stereocenters. The molecule has 0 aliphatic heterocycles. The van der Waals surface area contributed by atoms with Gasteiger partial charge in [0.15, 0.2) is 5.69 Å². The third-order valence-corrected chi connectivity index (χ3v) is 3.10. The van der Waals surface area contributed by atoms with Crippen molar-refractivity contribution in [3.05, 3.63) is 16.1 Å². The summed E-state index contributed by atoms with van der Waals surface area (Å²) in [6, 6.07) is 0.126. The molecule has 1 aromatic heterocycles. The average molecular weight is 271 g/mol. The number of carboxylic acid groups (broad SMARTS) is 1. The minimum absolute atomic E-state index is 0.0188. The molecule has 0 saturated carbocycles. The maximum absolute atomic E-state index is 11.6. The van der Waals surface area contributed by atoms with Gasteiger partial charge in [-0.1, -0.05) is 6.92 Å². The molecule has 0 fully saturated rings. The number of carbonyl (C=O) groups is 2. The molecule has 0 bridgehead atoms. The van der Waals surface area contributed by atoms with Crippen molar-refractivity contribution in [1.29, 1.82) is 0 Å². The standard InChI is InChI=1S/C11H17N3O3S/c1-3-12-7(2)4-9(15)13-5-10-14-8(6-18-10)11(16)17/h6-7,12H,3-5H2,1-2H3,(H,13,15)(H,16,17). The number of nitrogens with one attached hydrogen (secondary N) is 2. The number of nitrogens with zero attached hydrogens (tertiary/aromatic N) is 1. The fourth-order valence-electron chi connectivity index (χ4n) is 1.44. The van der Waals surface area contributed by atoms with E-state index in [0.717, 1.165) is 6.54 Å². The first-order chi connectivity index (χ1) is 8.52. The Morgan fingerprint density at radius 3 is 2.83 bits per heavy atom. The van der Waals surface area contributed by atoms with Crippen LogP contribution in [0, 0.1) is 0 Å². The molecule has 1 rings (SSSR count). The first-order valence-corrected chi connectivity index (χ1v) is 6.58. The summed E-state index contributed by atoms with van der Waals surface area (Å²) in [5.74, 6) is -1.12. The van der Waals surface area contributed by atoms with Crippen LogP contribution in [-0.4, -0.2) is 34.6 Å². The van der Waals surface area contributed by atoms with Gasteiger partial charge in [0, 0.05) is 17.8 Å². The number of hydrogen-bond donors (Lipinski definition) is 3. The van der Waals surface area contributed by atoms with Crippen molar-refractivity contribution in [2.75, 3.05) is 6.54 Å². The number of aromatic nitrogens is 1. The number of aromatic carboxylic acids is 1. The van der Waals surface area contributed by atoms with Crippen molar-refractivity contribution in [1.82, 2.24) is 15.6 Å². The summed E-state index contributed by atoms with van der Waals surface area (Å²) >= 11 is 1.23. The molecule has 0 radical (unpaired) electrons. The van der Waals surface area contributed by atoms with Crippen LogP contribution in [0.15, 0.2) is 5.38 Å². The second-order valence-electron chi connectivity index (χ2n) is 3.87. The van der Waals surface area contributed by atoms with Gasteiger partial charge in [-0.3, -0.25) is 4.79 Å². The van der Waals surface area contributed by atoms with Crippen LogP contribution >= 0.6 is 11.3 Å². The minimum atomic E-state index is -1.05. The first kappa shape index (κ1) is 14.6. The lowest BCUT2D eigenvalue weighted by Gasteiger charge is -2.11. The smallest absolute Gasteiger partial charge is 0.355 e. The van der Waals surface area contributed by atoms with Gasteiger partial charge in [-0.15, -0.1) is 11.3 Å². The van der Waals surface area contributed by atoms with Crippen molar-refractivity contribution < 1.29 is 14.7 Å². The highest BCUT2D eigenvalue weighted by atomic mass is 32.1. The van der Waals surface area contributed by atoms with Crippen molar-refractivity contribution in [2.45, 2.75) is 32.9 Å². The Morgan fingerprint density at radius 1 is 1.56 bits per heavy atom. The molecular formula is C11H17N3O3S. The van der Waals surface area contributed by atoms with Gasteiger partial charge in [-0.25, -0.2) is 9.78 Å². The molecule has 1 amide bonds. The molecule has 0 aliphatic rings. The third-order valence-electron chi connectivity index (χ3n) is 2.25. The Bertz CT molecular complexity index is 419. The summed E-state index contributed by atoms with van der Waals surface area (Å²) in [5, 5.41) is 16.6. The summed E-state index contributed by atoms with van der Waals surface area (Å²) in [4.78, 5) is 26.1.